The van der Waals surface area contributed by atoms with Crippen molar-refractivity contribution >= 4 is 78.1 Å². The second kappa shape index (κ2) is 19.8. The highest BCUT2D eigenvalue weighted by atomic mass is 16.5. The van der Waals surface area contributed by atoms with Gasteiger partial charge in [0.05, 0.1) is 39.0 Å². The molecular formula is C75H44N2O8. The van der Waals surface area contributed by atoms with Crippen molar-refractivity contribution in [2.24, 2.45) is 0 Å². The minimum absolute atomic E-state index is 0.123. The molecule has 2 aliphatic heterocycles. The van der Waals surface area contributed by atoms with E-state index in [2.05, 4.69) is 96.8 Å². The van der Waals surface area contributed by atoms with Crippen molar-refractivity contribution in [3.05, 3.63) is 275 Å². The summed E-state index contributed by atoms with van der Waals surface area (Å²) in [6, 6.07) is 74.3. The van der Waals surface area contributed by atoms with Gasteiger partial charge in [0.25, 0.3) is 23.6 Å². The number of carbonyl (C=O) groups excluding carboxylic acids is 4. The molecule has 2 heterocycles. The lowest BCUT2D eigenvalue weighted by molar-refractivity contribution is 0.0910. The van der Waals surface area contributed by atoms with Crippen LogP contribution < -0.4 is 28.7 Å². The average Bonchev–Trinajstić information content (AvgIpc) is 1.99. The van der Waals surface area contributed by atoms with Crippen molar-refractivity contribution < 1.29 is 38.1 Å². The Morgan fingerprint density at radius 1 is 0.318 bits per heavy atom. The largest absolute Gasteiger partial charge is 0.481 e. The second-order valence-corrected chi connectivity index (χ2v) is 21.2. The minimum atomic E-state index is -0.705. The monoisotopic (exact) mass is 1100 g/mol. The number of terminal acetylenes is 2. The number of anilines is 2. The first kappa shape index (κ1) is 50.3. The standard InChI is InChI=1S/C75H44N2O8/c1-3-33-82-57-25-17-45-15-23-55(37-51(45)41-57)76-71(78)65-31-29-61(43-67(65)73(76)80)84-59-27-19-47-35-53(21-13-49(47)39-59)75(69-11-7-5-9-63(69)64-10-6-8-12-70(64)75)54-22-14-50-40-60(28-20-48(50)36-54)85-62-30-32-66-68(44-62)74(81)77(72(66)79)56-24-16-46-18-26-58(83-34-4-2)42-52(46)38-56/h1-2,5-32,35-44H,33-34H2. The van der Waals surface area contributed by atoms with Crippen molar-refractivity contribution in [3.63, 3.8) is 0 Å². The third-order valence-corrected chi connectivity index (χ3v) is 16.4. The third-order valence-electron chi connectivity index (χ3n) is 16.4. The Labute approximate surface area is 487 Å². The maximum atomic E-state index is 14.0. The summed E-state index contributed by atoms with van der Waals surface area (Å²) in [7, 11) is 0. The van der Waals surface area contributed by atoms with Gasteiger partial charge in [0.1, 0.15) is 47.7 Å². The van der Waals surface area contributed by atoms with Crippen LogP contribution in [0.1, 0.15) is 63.7 Å². The molecule has 15 rings (SSSR count). The van der Waals surface area contributed by atoms with E-state index in [9.17, 15) is 19.2 Å². The molecular weight excluding hydrogens is 1060 g/mol. The van der Waals surface area contributed by atoms with Crippen molar-refractivity contribution in [2.45, 2.75) is 5.41 Å². The molecule has 0 atom stereocenters. The van der Waals surface area contributed by atoms with Crippen molar-refractivity contribution in [2.75, 3.05) is 23.0 Å². The Kier molecular flexibility index (Phi) is 11.7. The molecule has 0 fully saturated rings. The number of amides is 4. The van der Waals surface area contributed by atoms with Crippen LogP contribution in [0.15, 0.2) is 231 Å². The first-order chi connectivity index (χ1) is 41.6. The van der Waals surface area contributed by atoms with E-state index in [-0.39, 0.29) is 24.3 Å². The Morgan fingerprint density at radius 3 is 1.13 bits per heavy atom. The number of rotatable bonds is 12. The molecule has 4 amide bonds. The Hall–Kier alpha value is -11.7. The highest BCUT2D eigenvalue weighted by Gasteiger charge is 2.46. The van der Waals surface area contributed by atoms with Gasteiger partial charge in [-0.1, -0.05) is 121 Å². The number of imide groups is 2. The molecule has 0 saturated heterocycles. The Balaban J connectivity index is 0.710. The highest BCUT2D eigenvalue weighted by Crippen LogP contribution is 2.57. The summed E-state index contributed by atoms with van der Waals surface area (Å²) in [5, 5.41) is 7.35. The van der Waals surface area contributed by atoms with E-state index < -0.39 is 29.0 Å². The zero-order chi connectivity index (χ0) is 57.5. The lowest BCUT2D eigenvalue weighted by Gasteiger charge is -2.34. The van der Waals surface area contributed by atoms with E-state index in [1.807, 2.05) is 84.9 Å². The highest BCUT2D eigenvalue weighted by molar-refractivity contribution is 6.35. The molecule has 0 unspecified atom stereocenters. The molecule has 0 aromatic heterocycles. The molecule has 0 bridgehead atoms. The molecule has 10 nitrogen and oxygen atoms in total. The topological polar surface area (TPSA) is 112 Å². The van der Waals surface area contributed by atoms with E-state index in [0.29, 0.717) is 57.0 Å². The van der Waals surface area contributed by atoms with Crippen molar-refractivity contribution in [3.8, 4) is 70.3 Å². The van der Waals surface area contributed by atoms with Crippen LogP contribution in [0.2, 0.25) is 0 Å². The van der Waals surface area contributed by atoms with E-state index >= 15 is 0 Å². The van der Waals surface area contributed by atoms with Gasteiger partial charge >= 0.3 is 0 Å². The fourth-order valence-corrected chi connectivity index (χ4v) is 12.5. The third kappa shape index (κ3) is 8.23. The maximum Gasteiger partial charge on any atom is 0.266 e. The summed E-state index contributed by atoms with van der Waals surface area (Å²) >= 11 is 0. The number of benzene rings is 12. The fraction of sp³-hybridized carbons (Fsp3) is 0.0400. The lowest BCUT2D eigenvalue weighted by Crippen LogP contribution is -2.29. The van der Waals surface area contributed by atoms with E-state index in [1.54, 1.807) is 60.7 Å². The summed E-state index contributed by atoms with van der Waals surface area (Å²) in [5.41, 5.74) is 8.13. The normalized spacial score (nSPS) is 13.6. The van der Waals surface area contributed by atoms with E-state index in [4.69, 9.17) is 31.8 Å². The number of carbonyl (C=O) groups is 4. The Morgan fingerprint density at radius 2 is 0.671 bits per heavy atom. The molecule has 3 aliphatic rings. The van der Waals surface area contributed by atoms with Crippen LogP contribution in [-0.4, -0.2) is 36.8 Å². The smallest absolute Gasteiger partial charge is 0.266 e. The molecule has 12 aromatic rings. The molecule has 0 spiro atoms. The molecule has 1 aliphatic carbocycles. The van der Waals surface area contributed by atoms with Crippen LogP contribution >= 0.6 is 0 Å². The predicted octanol–water partition coefficient (Wildman–Crippen LogP) is 15.9. The second-order valence-electron chi connectivity index (χ2n) is 21.2. The molecule has 12 aromatic carbocycles. The average molecular weight is 1100 g/mol. The van der Waals surface area contributed by atoms with E-state index in [1.165, 1.54) is 20.9 Å². The van der Waals surface area contributed by atoms with Crippen LogP contribution in [0.3, 0.4) is 0 Å². The summed E-state index contributed by atoms with van der Waals surface area (Å²) < 4.78 is 24.1. The minimum Gasteiger partial charge on any atom is -0.481 e. The van der Waals surface area contributed by atoms with Gasteiger partial charge in [-0.15, -0.1) is 12.8 Å². The molecule has 85 heavy (non-hydrogen) atoms. The Bertz CT molecular complexity index is 4690. The fourth-order valence-electron chi connectivity index (χ4n) is 12.5. The zero-order valence-corrected chi connectivity index (χ0v) is 45.2. The van der Waals surface area contributed by atoms with Gasteiger partial charge in [0.15, 0.2) is 0 Å². The van der Waals surface area contributed by atoms with E-state index in [0.717, 1.165) is 65.3 Å². The summed E-state index contributed by atoms with van der Waals surface area (Å²) in [6.07, 6.45) is 10.8. The number of hydrogen-bond acceptors (Lipinski definition) is 8. The molecule has 402 valence electrons. The first-order valence-electron chi connectivity index (χ1n) is 27.5. The molecule has 10 heteroatoms. The molecule has 0 saturated carbocycles. The van der Waals surface area contributed by atoms with Gasteiger partial charge in [-0.25, -0.2) is 9.80 Å². The molecule has 0 N–H and O–H groups in total. The van der Waals surface area contributed by atoms with Gasteiger partial charge in [-0.2, -0.15) is 0 Å². The van der Waals surface area contributed by atoms with Crippen LogP contribution in [0.4, 0.5) is 11.4 Å². The predicted molar refractivity (Wildman–Crippen MR) is 331 cm³/mol. The van der Waals surface area contributed by atoms with Crippen LogP contribution in [0.5, 0.6) is 34.5 Å². The van der Waals surface area contributed by atoms with Gasteiger partial charge in [-0.3, -0.25) is 19.2 Å². The number of fused-ring (bicyclic) bond motifs is 9. The van der Waals surface area contributed by atoms with Crippen molar-refractivity contribution in [1.29, 1.82) is 0 Å². The summed E-state index contributed by atoms with van der Waals surface area (Å²) in [4.78, 5) is 57.9. The van der Waals surface area contributed by atoms with Gasteiger partial charge in [-0.05, 0) is 198 Å². The first-order valence-corrected chi connectivity index (χ1v) is 27.5. The molecule has 0 radical (unpaired) electrons. The van der Waals surface area contributed by atoms with Gasteiger partial charge in [0, 0.05) is 0 Å². The zero-order valence-electron chi connectivity index (χ0n) is 45.2. The van der Waals surface area contributed by atoms with Crippen LogP contribution in [0.25, 0.3) is 54.2 Å². The van der Waals surface area contributed by atoms with Gasteiger partial charge < -0.3 is 18.9 Å². The number of ether oxygens (including phenoxy) is 4. The SMILES string of the molecule is C#CCOc1ccc2ccc(N3C(=O)c4ccc(Oc5ccc6cc(C7(c8ccc9cc(Oc%10ccc%11c(c%10)C(=O)N(c%10ccc%12ccc(OCC#C)cc%12c%10)C%11=O)ccc9c8)c8ccccc8-c8ccccc87)ccc6c5)cc4C3=O)cc2c1. The maximum absolute atomic E-state index is 14.0. The summed E-state index contributed by atoms with van der Waals surface area (Å²) in [5.74, 6) is 6.40. The lowest BCUT2D eigenvalue weighted by atomic mass is 9.67. The van der Waals surface area contributed by atoms with Crippen LogP contribution in [0, 0.1) is 24.7 Å². The van der Waals surface area contributed by atoms with Crippen molar-refractivity contribution in [1.82, 2.24) is 0 Å². The quantitative estimate of drug-likeness (QED) is 0.0878. The number of nitrogens with zero attached hydrogens (tertiary/aromatic N) is 2. The van der Waals surface area contributed by atoms with Gasteiger partial charge in [0.2, 0.25) is 0 Å². The van der Waals surface area contributed by atoms with Crippen LogP contribution in [-0.2, 0) is 5.41 Å². The summed E-state index contributed by atoms with van der Waals surface area (Å²) in [6.45, 7) is 0.246. The number of hydrogen-bond donors (Lipinski definition) is 0.